The molecule has 2 rings (SSSR count). The van der Waals surface area contributed by atoms with E-state index in [2.05, 4.69) is 15.0 Å². The second-order valence-electron chi connectivity index (χ2n) is 4.82. The highest BCUT2D eigenvalue weighted by atomic mass is 16.5. The third kappa shape index (κ3) is 2.57. The first kappa shape index (κ1) is 15.3. The van der Waals surface area contributed by atoms with E-state index < -0.39 is 5.41 Å². The van der Waals surface area contributed by atoms with Crippen LogP contribution in [0.4, 0.5) is 0 Å². The molecule has 0 atom stereocenters. The van der Waals surface area contributed by atoms with Gasteiger partial charge in [-0.15, -0.1) is 0 Å². The molecular weight excluding hydrogens is 270 g/mol. The Hall–Kier alpha value is -2.11. The van der Waals surface area contributed by atoms with Crippen molar-refractivity contribution in [1.29, 1.82) is 0 Å². The number of aromatic amines is 1. The van der Waals surface area contributed by atoms with Crippen LogP contribution in [0.25, 0.3) is 11.2 Å². The molecule has 0 amide bonds. The van der Waals surface area contributed by atoms with Gasteiger partial charge in [0.1, 0.15) is 11.2 Å². The molecule has 0 bridgehead atoms. The number of hydrogen-bond donors (Lipinski definition) is 1. The molecule has 0 fully saturated rings. The minimum absolute atomic E-state index is 0.249. The minimum atomic E-state index is -0.760. The number of pyridine rings is 1. The molecule has 0 aromatic carbocycles. The van der Waals surface area contributed by atoms with Crippen molar-refractivity contribution in [2.45, 2.75) is 39.0 Å². The number of H-pyrrole nitrogens is 1. The number of imidazole rings is 1. The third-order valence-corrected chi connectivity index (χ3v) is 3.86. The topological polar surface area (TPSA) is 77.1 Å². The first-order chi connectivity index (χ1) is 10.1. The van der Waals surface area contributed by atoms with Crippen LogP contribution in [-0.4, -0.2) is 34.6 Å². The summed E-state index contributed by atoms with van der Waals surface area (Å²) in [5.74, 6) is 0.845. The van der Waals surface area contributed by atoms with Crippen molar-refractivity contribution in [2.24, 2.45) is 0 Å². The molecular formula is C15H21N3O3. The van der Waals surface area contributed by atoms with Crippen LogP contribution >= 0.6 is 0 Å². The van der Waals surface area contributed by atoms with E-state index in [1.165, 1.54) is 0 Å². The maximum Gasteiger partial charge on any atom is 0.319 e. The summed E-state index contributed by atoms with van der Waals surface area (Å²) in [5, 5.41) is 0. The van der Waals surface area contributed by atoms with E-state index in [0.29, 0.717) is 36.8 Å². The molecule has 1 N–H and O–H groups in total. The Labute approximate surface area is 123 Å². The van der Waals surface area contributed by atoms with Crippen LogP contribution in [0.1, 0.15) is 39.4 Å². The van der Waals surface area contributed by atoms with Gasteiger partial charge in [0, 0.05) is 6.07 Å². The quantitative estimate of drug-likeness (QED) is 0.828. The Morgan fingerprint density at radius 1 is 1.24 bits per heavy atom. The van der Waals surface area contributed by atoms with Crippen molar-refractivity contribution >= 4 is 17.1 Å². The van der Waals surface area contributed by atoms with Crippen LogP contribution in [0.5, 0.6) is 5.88 Å². The molecule has 114 valence electrons. The zero-order valence-electron chi connectivity index (χ0n) is 12.9. The van der Waals surface area contributed by atoms with Crippen LogP contribution in [-0.2, 0) is 14.9 Å². The normalized spacial score (nSPS) is 11.6. The van der Waals surface area contributed by atoms with E-state index in [9.17, 15) is 4.79 Å². The Balaban J connectivity index is 2.52. The SMILES string of the molecule is CCOC(=O)C(CC)(CC)c1nc2nc(OC)ccc2[nH]1. The molecule has 0 spiro atoms. The van der Waals surface area contributed by atoms with Crippen LogP contribution in [0.15, 0.2) is 12.1 Å². The number of hydrogen-bond acceptors (Lipinski definition) is 5. The summed E-state index contributed by atoms with van der Waals surface area (Å²) >= 11 is 0. The maximum absolute atomic E-state index is 12.4. The van der Waals surface area contributed by atoms with Gasteiger partial charge in [-0.2, -0.15) is 4.98 Å². The van der Waals surface area contributed by atoms with Crippen molar-refractivity contribution in [3.63, 3.8) is 0 Å². The third-order valence-electron chi connectivity index (χ3n) is 3.86. The van der Waals surface area contributed by atoms with E-state index >= 15 is 0 Å². The van der Waals surface area contributed by atoms with Gasteiger partial charge >= 0.3 is 5.97 Å². The summed E-state index contributed by atoms with van der Waals surface area (Å²) in [5.41, 5.74) is 0.561. The van der Waals surface area contributed by atoms with Crippen LogP contribution < -0.4 is 4.74 Å². The number of aromatic nitrogens is 3. The summed E-state index contributed by atoms with van der Waals surface area (Å²) in [4.78, 5) is 24.4. The molecule has 6 nitrogen and oxygen atoms in total. The summed E-state index contributed by atoms with van der Waals surface area (Å²) in [7, 11) is 1.56. The lowest BCUT2D eigenvalue weighted by Crippen LogP contribution is -2.37. The summed E-state index contributed by atoms with van der Waals surface area (Å²) < 4.78 is 10.3. The molecule has 0 saturated carbocycles. The highest BCUT2D eigenvalue weighted by molar-refractivity contribution is 5.83. The average molecular weight is 291 g/mol. The van der Waals surface area contributed by atoms with Crippen LogP contribution in [0.2, 0.25) is 0 Å². The van der Waals surface area contributed by atoms with Gasteiger partial charge in [0.05, 0.1) is 19.2 Å². The fourth-order valence-corrected chi connectivity index (χ4v) is 2.46. The number of carbonyl (C=O) groups is 1. The lowest BCUT2D eigenvalue weighted by atomic mass is 9.81. The van der Waals surface area contributed by atoms with Crippen LogP contribution in [0.3, 0.4) is 0 Å². The number of methoxy groups -OCH3 is 1. The number of nitrogens with one attached hydrogen (secondary N) is 1. The van der Waals surface area contributed by atoms with Crippen LogP contribution in [0, 0.1) is 0 Å². The van der Waals surface area contributed by atoms with E-state index in [1.54, 1.807) is 20.1 Å². The number of carbonyl (C=O) groups excluding carboxylic acids is 1. The zero-order valence-corrected chi connectivity index (χ0v) is 12.9. The minimum Gasteiger partial charge on any atom is -0.481 e. The molecule has 0 aliphatic carbocycles. The average Bonchev–Trinajstić information content (AvgIpc) is 2.92. The van der Waals surface area contributed by atoms with Crippen molar-refractivity contribution in [1.82, 2.24) is 15.0 Å². The van der Waals surface area contributed by atoms with Gasteiger partial charge in [-0.3, -0.25) is 4.79 Å². The van der Waals surface area contributed by atoms with E-state index in [4.69, 9.17) is 9.47 Å². The van der Waals surface area contributed by atoms with Gasteiger partial charge in [0.15, 0.2) is 5.65 Å². The fourth-order valence-electron chi connectivity index (χ4n) is 2.46. The standard InChI is InChI=1S/C15H21N3O3/c1-5-15(6-2,14(19)21-7-3)13-16-10-8-9-11(20-4)17-12(10)18-13/h8-9H,5-7H2,1-4H3,(H,16,17,18). The Kier molecular flexibility index (Phi) is 4.45. The molecule has 6 heteroatoms. The number of ether oxygens (including phenoxy) is 2. The number of esters is 1. The largest absolute Gasteiger partial charge is 0.481 e. The maximum atomic E-state index is 12.4. The molecule has 0 saturated heterocycles. The summed E-state index contributed by atoms with van der Waals surface area (Å²) in [6.07, 6.45) is 1.22. The molecule has 0 radical (unpaired) electrons. The fraction of sp³-hybridized carbons (Fsp3) is 0.533. The van der Waals surface area contributed by atoms with Crippen molar-refractivity contribution in [2.75, 3.05) is 13.7 Å². The highest BCUT2D eigenvalue weighted by Gasteiger charge is 2.41. The van der Waals surface area contributed by atoms with Gasteiger partial charge in [-0.25, -0.2) is 4.98 Å². The van der Waals surface area contributed by atoms with E-state index in [1.807, 2.05) is 19.9 Å². The van der Waals surface area contributed by atoms with Gasteiger partial charge in [0.25, 0.3) is 0 Å². The van der Waals surface area contributed by atoms with Crippen molar-refractivity contribution in [3.8, 4) is 5.88 Å². The van der Waals surface area contributed by atoms with Crippen molar-refractivity contribution in [3.05, 3.63) is 18.0 Å². The monoisotopic (exact) mass is 291 g/mol. The lowest BCUT2D eigenvalue weighted by Gasteiger charge is -2.26. The number of rotatable bonds is 6. The zero-order chi connectivity index (χ0) is 15.5. The summed E-state index contributed by atoms with van der Waals surface area (Å²) in [6.45, 7) is 6.08. The van der Waals surface area contributed by atoms with Gasteiger partial charge in [-0.05, 0) is 25.8 Å². The predicted octanol–water partition coefficient (Wildman–Crippen LogP) is 2.59. The molecule has 0 aliphatic heterocycles. The number of fused-ring (bicyclic) bond motifs is 1. The van der Waals surface area contributed by atoms with Gasteiger partial charge in [0.2, 0.25) is 5.88 Å². The Morgan fingerprint density at radius 3 is 2.52 bits per heavy atom. The highest BCUT2D eigenvalue weighted by Crippen LogP contribution is 2.32. The molecule has 2 heterocycles. The Bertz CT molecular complexity index is 632. The van der Waals surface area contributed by atoms with Gasteiger partial charge in [-0.1, -0.05) is 13.8 Å². The second kappa shape index (κ2) is 6.11. The number of nitrogens with zero attached hydrogens (tertiary/aromatic N) is 2. The molecule has 0 aliphatic rings. The molecule has 21 heavy (non-hydrogen) atoms. The van der Waals surface area contributed by atoms with E-state index in [-0.39, 0.29) is 5.97 Å². The Morgan fingerprint density at radius 2 is 1.95 bits per heavy atom. The molecule has 0 unspecified atom stereocenters. The molecule has 2 aromatic heterocycles. The second-order valence-corrected chi connectivity index (χ2v) is 4.82. The first-order valence-corrected chi connectivity index (χ1v) is 7.19. The van der Waals surface area contributed by atoms with Crippen molar-refractivity contribution < 1.29 is 14.3 Å². The molecule has 2 aromatic rings. The predicted molar refractivity (Wildman–Crippen MR) is 79.3 cm³/mol. The van der Waals surface area contributed by atoms with Gasteiger partial charge < -0.3 is 14.5 Å². The first-order valence-electron chi connectivity index (χ1n) is 7.19. The summed E-state index contributed by atoms with van der Waals surface area (Å²) in [6, 6.07) is 3.60. The smallest absolute Gasteiger partial charge is 0.319 e. The lowest BCUT2D eigenvalue weighted by molar-refractivity contribution is -0.150. The van der Waals surface area contributed by atoms with E-state index in [0.717, 1.165) is 5.52 Å².